The second-order valence-electron chi connectivity index (χ2n) is 4.89. The van der Waals surface area contributed by atoms with E-state index in [0.29, 0.717) is 24.6 Å². The molecule has 122 valence electrons. The van der Waals surface area contributed by atoms with Gasteiger partial charge in [0.1, 0.15) is 5.01 Å². The predicted molar refractivity (Wildman–Crippen MR) is 99.8 cm³/mol. The van der Waals surface area contributed by atoms with Crippen LogP contribution in [0.25, 0.3) is 22.6 Å². The van der Waals surface area contributed by atoms with Gasteiger partial charge < -0.3 is 20.4 Å². The van der Waals surface area contributed by atoms with Crippen LogP contribution in [-0.2, 0) is 0 Å². The third kappa shape index (κ3) is 3.02. The minimum absolute atomic E-state index is 0.174. The van der Waals surface area contributed by atoms with Gasteiger partial charge in [-0.2, -0.15) is 0 Å². The summed E-state index contributed by atoms with van der Waals surface area (Å²) >= 11 is 3.00. The molecule has 24 heavy (non-hydrogen) atoms. The molecule has 1 aromatic rings. The van der Waals surface area contributed by atoms with Crippen molar-refractivity contribution in [3.05, 3.63) is 48.8 Å². The summed E-state index contributed by atoms with van der Waals surface area (Å²) in [5.41, 5.74) is 0.296. The Hall–Kier alpha value is -2.33. The molecule has 0 atom stereocenters. The zero-order valence-corrected chi connectivity index (χ0v) is 14.9. The fourth-order valence-corrected chi connectivity index (χ4v) is 3.56. The average molecular weight is 455 g/mol. The smallest absolute Gasteiger partial charge is 0.263 e. The second-order valence-corrected chi connectivity index (χ2v) is 7.09. The van der Waals surface area contributed by atoms with Gasteiger partial charge in [0.2, 0.25) is 0 Å². The highest BCUT2D eigenvalue weighted by Gasteiger charge is 2.16. The van der Waals surface area contributed by atoms with Crippen LogP contribution in [0.3, 0.4) is 0 Å². The van der Waals surface area contributed by atoms with Crippen LogP contribution in [-0.4, -0.2) is 25.4 Å². The average Bonchev–Trinajstić information content (AvgIpc) is 2.56. The molecule has 2 aliphatic rings. The Labute approximate surface area is 153 Å². The number of nitrogens with zero attached hydrogens (tertiary/aromatic N) is 1. The third-order valence-corrected chi connectivity index (χ3v) is 5.14. The number of benzene rings is 2. The molecule has 0 aromatic heterocycles. The molecule has 0 amide bonds. The Balaban J connectivity index is 2.02. The van der Waals surface area contributed by atoms with Crippen LogP contribution in [0.1, 0.15) is 10.6 Å². The number of aromatic hydroxyl groups is 4. The molecule has 3 rings (SSSR count). The van der Waals surface area contributed by atoms with Crippen LogP contribution in [0.5, 0.6) is 23.0 Å². The molecule has 1 aliphatic heterocycles. The molecule has 1 heterocycles. The molecule has 1 aliphatic carbocycles. The van der Waals surface area contributed by atoms with Gasteiger partial charge in [0.15, 0.2) is 23.0 Å². The maximum absolute atomic E-state index is 11.6. The van der Waals surface area contributed by atoms with Gasteiger partial charge in [-0.1, -0.05) is 6.08 Å². The van der Waals surface area contributed by atoms with Gasteiger partial charge in [0, 0.05) is 11.8 Å². The van der Waals surface area contributed by atoms with Crippen LogP contribution >= 0.6 is 33.9 Å². The summed E-state index contributed by atoms with van der Waals surface area (Å²) in [5.74, 6) is -1.43. The zero-order chi connectivity index (χ0) is 17.4. The molecule has 6 nitrogen and oxygen atoms in total. The lowest BCUT2D eigenvalue weighted by Gasteiger charge is -2.07. The minimum atomic E-state index is -0.821. The zero-order valence-electron chi connectivity index (χ0n) is 11.9. The highest BCUT2D eigenvalue weighted by molar-refractivity contribution is 14.1. The molecular weight excluding hydrogens is 445 g/mol. The number of halogens is 1. The maximum atomic E-state index is 11.6. The first-order chi connectivity index (χ1) is 11.4. The lowest BCUT2D eigenvalue weighted by molar-refractivity contribution is 0.401. The number of fused-ring (bicyclic) bond motifs is 1. The van der Waals surface area contributed by atoms with Crippen LogP contribution in [0.15, 0.2) is 29.2 Å². The molecule has 0 unspecified atom stereocenters. The SMILES string of the molecule is O=c1c(O)cc2cnc(C=Cc3cc(O)c(O)c(I)c3)sc-2c1O. The van der Waals surface area contributed by atoms with E-state index in [1.54, 1.807) is 18.2 Å². The normalized spacial score (nSPS) is 11.4. The van der Waals surface area contributed by atoms with Gasteiger partial charge in [-0.05, 0) is 52.4 Å². The summed E-state index contributed by atoms with van der Waals surface area (Å²) in [7, 11) is 0. The van der Waals surface area contributed by atoms with Crippen molar-refractivity contribution in [1.82, 2.24) is 4.98 Å². The summed E-state index contributed by atoms with van der Waals surface area (Å²) in [5, 5.41) is 39.0. The highest BCUT2D eigenvalue weighted by atomic mass is 127. The molecule has 0 bridgehead atoms. The number of hydrogen-bond acceptors (Lipinski definition) is 7. The molecule has 0 saturated carbocycles. The van der Waals surface area contributed by atoms with Crippen molar-refractivity contribution in [2.45, 2.75) is 0 Å². The number of phenolic OH excluding ortho intramolecular Hbond substituents is 4. The van der Waals surface area contributed by atoms with Gasteiger partial charge in [0.05, 0.1) is 8.45 Å². The standard InChI is InChI=1S/C16H10INO5S/c17-9-3-7(4-10(19)13(9)21)1-2-12-18-6-8-5-11(20)14(22)15(23)16(8)24-12/h1-6,19-21,23H. The van der Waals surface area contributed by atoms with E-state index >= 15 is 0 Å². The Morgan fingerprint density at radius 2 is 1.75 bits per heavy atom. The van der Waals surface area contributed by atoms with Crippen molar-refractivity contribution in [3.63, 3.8) is 0 Å². The fraction of sp³-hybridized carbons (Fsp3) is 0. The van der Waals surface area contributed by atoms with E-state index in [2.05, 4.69) is 4.98 Å². The van der Waals surface area contributed by atoms with Crippen molar-refractivity contribution >= 4 is 46.1 Å². The minimum Gasteiger partial charge on any atom is -0.504 e. The number of aromatic nitrogens is 1. The van der Waals surface area contributed by atoms with Crippen LogP contribution in [0.4, 0.5) is 0 Å². The van der Waals surface area contributed by atoms with E-state index < -0.39 is 16.9 Å². The number of hydrogen-bond donors (Lipinski definition) is 4. The van der Waals surface area contributed by atoms with E-state index in [1.807, 2.05) is 22.6 Å². The molecule has 0 radical (unpaired) electrons. The largest absolute Gasteiger partial charge is 0.504 e. The van der Waals surface area contributed by atoms with Crippen LogP contribution in [0, 0.1) is 3.57 Å². The summed E-state index contributed by atoms with van der Waals surface area (Å²) in [6.45, 7) is 0. The summed E-state index contributed by atoms with van der Waals surface area (Å²) < 4.78 is 0.506. The first-order valence-electron chi connectivity index (χ1n) is 6.61. The van der Waals surface area contributed by atoms with Gasteiger partial charge in [-0.15, -0.1) is 11.3 Å². The van der Waals surface area contributed by atoms with Crippen molar-refractivity contribution in [1.29, 1.82) is 0 Å². The van der Waals surface area contributed by atoms with Crippen molar-refractivity contribution < 1.29 is 20.4 Å². The van der Waals surface area contributed by atoms with Crippen molar-refractivity contribution in [2.75, 3.05) is 0 Å². The Kier molecular flexibility index (Phi) is 4.33. The van der Waals surface area contributed by atoms with Gasteiger partial charge >= 0.3 is 0 Å². The van der Waals surface area contributed by atoms with Gasteiger partial charge in [-0.3, -0.25) is 4.79 Å². The third-order valence-electron chi connectivity index (χ3n) is 3.24. The number of rotatable bonds is 2. The molecule has 4 N–H and O–H groups in total. The lowest BCUT2D eigenvalue weighted by Crippen LogP contribution is -2.01. The van der Waals surface area contributed by atoms with E-state index in [-0.39, 0.29) is 11.5 Å². The van der Waals surface area contributed by atoms with Crippen molar-refractivity contribution in [3.8, 4) is 33.4 Å². The molecule has 0 saturated heterocycles. The molecule has 0 fully saturated rings. The van der Waals surface area contributed by atoms with E-state index in [0.717, 1.165) is 11.3 Å². The van der Waals surface area contributed by atoms with E-state index in [1.165, 1.54) is 18.3 Å². The Bertz CT molecular complexity index is 975. The lowest BCUT2D eigenvalue weighted by atomic mass is 10.1. The van der Waals surface area contributed by atoms with E-state index in [4.69, 9.17) is 0 Å². The predicted octanol–water partition coefficient (Wildman–Crippen LogP) is 3.21. The Morgan fingerprint density at radius 3 is 2.46 bits per heavy atom. The van der Waals surface area contributed by atoms with Gasteiger partial charge in [0.25, 0.3) is 5.43 Å². The second kappa shape index (κ2) is 6.29. The molecule has 0 spiro atoms. The summed E-state index contributed by atoms with van der Waals surface area (Å²) in [6, 6.07) is 4.35. The Morgan fingerprint density at radius 1 is 1.00 bits per heavy atom. The van der Waals surface area contributed by atoms with Crippen LogP contribution < -0.4 is 5.43 Å². The monoisotopic (exact) mass is 455 g/mol. The molecular formula is C16H10INO5S. The summed E-state index contributed by atoms with van der Waals surface area (Å²) in [6.07, 6.45) is 4.78. The molecule has 8 heteroatoms. The summed E-state index contributed by atoms with van der Waals surface area (Å²) in [4.78, 5) is 16.1. The van der Waals surface area contributed by atoms with Crippen LogP contribution in [0.2, 0.25) is 0 Å². The quantitative estimate of drug-likeness (QED) is 0.349. The van der Waals surface area contributed by atoms with Gasteiger partial charge in [-0.25, -0.2) is 4.98 Å². The van der Waals surface area contributed by atoms with Crippen molar-refractivity contribution in [2.24, 2.45) is 0 Å². The molecule has 1 aromatic carbocycles. The first-order valence-corrected chi connectivity index (χ1v) is 8.50. The topological polar surface area (TPSA) is 111 Å². The highest BCUT2D eigenvalue weighted by Crippen LogP contribution is 2.36. The maximum Gasteiger partial charge on any atom is 0.263 e. The number of phenols is 4. The van der Waals surface area contributed by atoms with E-state index in [9.17, 15) is 25.2 Å². The fourth-order valence-electron chi connectivity index (χ4n) is 2.05. The first kappa shape index (κ1) is 16.5.